The maximum absolute atomic E-state index is 12.8. The van der Waals surface area contributed by atoms with Crippen LogP contribution in [0.5, 0.6) is 0 Å². The van der Waals surface area contributed by atoms with Crippen molar-refractivity contribution in [1.29, 1.82) is 0 Å². The molecule has 0 saturated heterocycles. The van der Waals surface area contributed by atoms with E-state index in [2.05, 4.69) is 45.1 Å². The molecule has 364 valence electrons. The highest BCUT2D eigenvalue weighted by atomic mass is 16.6. The Kier molecular flexibility index (Phi) is 49.8. The van der Waals surface area contributed by atoms with Crippen molar-refractivity contribution in [3.8, 4) is 0 Å². The van der Waals surface area contributed by atoms with Crippen LogP contribution in [-0.2, 0) is 28.6 Å². The third-order valence-electron chi connectivity index (χ3n) is 12.2. The van der Waals surface area contributed by atoms with E-state index >= 15 is 0 Å². The summed E-state index contributed by atoms with van der Waals surface area (Å²) in [6, 6.07) is 0. The molecule has 0 spiro atoms. The van der Waals surface area contributed by atoms with E-state index in [0.29, 0.717) is 19.3 Å². The van der Waals surface area contributed by atoms with E-state index in [0.717, 1.165) is 70.6 Å². The quantitative estimate of drug-likeness (QED) is 0.0262. The largest absolute Gasteiger partial charge is 0.462 e. The second-order valence-corrected chi connectivity index (χ2v) is 18.5. The molecule has 0 aliphatic rings. The SMILES string of the molecule is CCCCCCCC/C=C\CCCCCC(=O)OC(COC(=O)CCCCCCCCC/C=C\CCCCCCCCCC)COC(=O)CCCCCCCCCCCCCC. The second kappa shape index (κ2) is 51.5. The lowest BCUT2D eigenvalue weighted by Crippen LogP contribution is -2.30. The topological polar surface area (TPSA) is 78.9 Å². The van der Waals surface area contributed by atoms with Crippen LogP contribution in [0.15, 0.2) is 24.3 Å². The summed E-state index contributed by atoms with van der Waals surface area (Å²) in [6.07, 6.45) is 58.8. The predicted molar refractivity (Wildman–Crippen MR) is 266 cm³/mol. The van der Waals surface area contributed by atoms with Crippen molar-refractivity contribution in [3.05, 3.63) is 24.3 Å². The molecule has 0 aliphatic heterocycles. The molecule has 0 saturated carbocycles. The Bertz CT molecular complexity index is 1000. The van der Waals surface area contributed by atoms with Crippen LogP contribution < -0.4 is 0 Å². The number of hydrogen-bond donors (Lipinski definition) is 0. The lowest BCUT2D eigenvalue weighted by Gasteiger charge is -2.18. The van der Waals surface area contributed by atoms with Gasteiger partial charge in [-0.25, -0.2) is 0 Å². The minimum atomic E-state index is -0.776. The molecule has 0 aliphatic carbocycles. The zero-order valence-corrected chi connectivity index (χ0v) is 41.7. The van der Waals surface area contributed by atoms with Gasteiger partial charge >= 0.3 is 17.9 Å². The molecular weight excluding hydrogens is 769 g/mol. The number of hydrogen-bond acceptors (Lipinski definition) is 6. The van der Waals surface area contributed by atoms with Gasteiger partial charge in [0.2, 0.25) is 0 Å². The average Bonchev–Trinajstić information content (AvgIpc) is 3.27. The first-order chi connectivity index (χ1) is 30.5. The van der Waals surface area contributed by atoms with Crippen LogP contribution in [0.3, 0.4) is 0 Å². The van der Waals surface area contributed by atoms with Crippen LogP contribution in [0.2, 0.25) is 0 Å². The molecule has 1 unspecified atom stereocenters. The van der Waals surface area contributed by atoms with Gasteiger partial charge in [0.15, 0.2) is 6.10 Å². The monoisotopic (exact) mass is 873 g/mol. The van der Waals surface area contributed by atoms with Gasteiger partial charge in [-0.05, 0) is 70.6 Å². The van der Waals surface area contributed by atoms with Crippen LogP contribution in [0.1, 0.15) is 297 Å². The number of unbranched alkanes of at least 4 members (excludes halogenated alkanes) is 35. The summed E-state index contributed by atoms with van der Waals surface area (Å²) in [5, 5.41) is 0. The van der Waals surface area contributed by atoms with E-state index in [9.17, 15) is 14.4 Å². The third-order valence-corrected chi connectivity index (χ3v) is 12.2. The molecule has 6 nitrogen and oxygen atoms in total. The van der Waals surface area contributed by atoms with Gasteiger partial charge in [-0.15, -0.1) is 0 Å². The molecular formula is C56H104O6. The van der Waals surface area contributed by atoms with Gasteiger partial charge < -0.3 is 14.2 Å². The number of esters is 3. The molecule has 62 heavy (non-hydrogen) atoms. The van der Waals surface area contributed by atoms with Gasteiger partial charge in [-0.1, -0.05) is 231 Å². The number of ether oxygens (including phenoxy) is 3. The van der Waals surface area contributed by atoms with Crippen molar-refractivity contribution < 1.29 is 28.6 Å². The molecule has 0 rings (SSSR count). The number of rotatable bonds is 50. The van der Waals surface area contributed by atoms with Crippen LogP contribution in [0.25, 0.3) is 0 Å². The van der Waals surface area contributed by atoms with Gasteiger partial charge in [-0.3, -0.25) is 14.4 Å². The zero-order valence-electron chi connectivity index (χ0n) is 41.7. The van der Waals surface area contributed by atoms with E-state index in [-0.39, 0.29) is 31.1 Å². The van der Waals surface area contributed by atoms with E-state index < -0.39 is 6.10 Å². The first-order valence-electron chi connectivity index (χ1n) is 27.3. The molecule has 0 aromatic rings. The van der Waals surface area contributed by atoms with Crippen molar-refractivity contribution in [2.45, 2.75) is 303 Å². The van der Waals surface area contributed by atoms with E-state index in [1.165, 1.54) is 186 Å². The molecule has 0 fully saturated rings. The normalized spacial score (nSPS) is 12.1. The zero-order chi connectivity index (χ0) is 45.1. The molecule has 0 radical (unpaired) electrons. The summed E-state index contributed by atoms with van der Waals surface area (Å²) in [7, 11) is 0. The highest BCUT2D eigenvalue weighted by Gasteiger charge is 2.19. The van der Waals surface area contributed by atoms with Crippen molar-refractivity contribution in [1.82, 2.24) is 0 Å². The summed E-state index contributed by atoms with van der Waals surface area (Å²) in [5.41, 5.74) is 0. The van der Waals surface area contributed by atoms with Crippen molar-refractivity contribution in [3.63, 3.8) is 0 Å². The van der Waals surface area contributed by atoms with E-state index in [4.69, 9.17) is 14.2 Å². The van der Waals surface area contributed by atoms with Crippen molar-refractivity contribution in [2.75, 3.05) is 13.2 Å². The fraction of sp³-hybridized carbons (Fsp3) is 0.875. The Labute approximate surface area is 385 Å². The van der Waals surface area contributed by atoms with Crippen LogP contribution >= 0.6 is 0 Å². The first-order valence-corrected chi connectivity index (χ1v) is 27.3. The molecule has 0 aromatic carbocycles. The molecule has 1 atom stereocenters. The summed E-state index contributed by atoms with van der Waals surface area (Å²) in [6.45, 7) is 6.64. The first kappa shape index (κ1) is 59.9. The summed E-state index contributed by atoms with van der Waals surface area (Å²) in [4.78, 5) is 38.0. The maximum Gasteiger partial charge on any atom is 0.306 e. The lowest BCUT2D eigenvalue weighted by atomic mass is 10.0. The van der Waals surface area contributed by atoms with Gasteiger partial charge in [0.05, 0.1) is 0 Å². The second-order valence-electron chi connectivity index (χ2n) is 18.5. The Hall–Kier alpha value is -2.11. The number of carbonyl (C=O) groups is 3. The molecule has 0 heterocycles. The molecule has 0 aromatic heterocycles. The molecule has 6 heteroatoms. The predicted octanol–water partition coefficient (Wildman–Crippen LogP) is 17.9. The fourth-order valence-electron chi connectivity index (χ4n) is 8.02. The highest BCUT2D eigenvalue weighted by Crippen LogP contribution is 2.16. The maximum atomic E-state index is 12.8. The van der Waals surface area contributed by atoms with Gasteiger partial charge in [0.1, 0.15) is 13.2 Å². The van der Waals surface area contributed by atoms with Crippen LogP contribution in [0, 0.1) is 0 Å². The summed E-state index contributed by atoms with van der Waals surface area (Å²) >= 11 is 0. The lowest BCUT2D eigenvalue weighted by molar-refractivity contribution is -0.167. The smallest absolute Gasteiger partial charge is 0.306 e. The number of allylic oxidation sites excluding steroid dienone is 4. The summed E-state index contributed by atoms with van der Waals surface area (Å²) < 4.78 is 16.8. The minimum absolute atomic E-state index is 0.0748. The van der Waals surface area contributed by atoms with Crippen molar-refractivity contribution >= 4 is 17.9 Å². The highest BCUT2D eigenvalue weighted by molar-refractivity contribution is 5.71. The summed E-state index contributed by atoms with van der Waals surface area (Å²) in [5.74, 6) is -0.881. The Morgan fingerprint density at radius 1 is 0.306 bits per heavy atom. The Morgan fingerprint density at radius 3 is 0.823 bits per heavy atom. The van der Waals surface area contributed by atoms with E-state index in [1.807, 2.05) is 0 Å². The van der Waals surface area contributed by atoms with E-state index in [1.54, 1.807) is 0 Å². The average molecular weight is 873 g/mol. The van der Waals surface area contributed by atoms with Crippen LogP contribution in [-0.4, -0.2) is 37.2 Å². The fourth-order valence-corrected chi connectivity index (χ4v) is 8.02. The molecule has 0 N–H and O–H groups in total. The number of carbonyl (C=O) groups excluding carboxylic acids is 3. The Morgan fingerprint density at radius 2 is 0.532 bits per heavy atom. The van der Waals surface area contributed by atoms with Gasteiger partial charge in [0.25, 0.3) is 0 Å². The Balaban J connectivity index is 4.31. The minimum Gasteiger partial charge on any atom is -0.462 e. The van der Waals surface area contributed by atoms with Crippen molar-refractivity contribution in [2.24, 2.45) is 0 Å². The van der Waals surface area contributed by atoms with Crippen LogP contribution in [0.4, 0.5) is 0 Å². The third kappa shape index (κ3) is 48.9. The standard InChI is InChI=1S/C56H104O6/c1-4-7-10-13-16-19-22-25-26-27-28-29-30-32-34-37-40-43-46-49-55(58)61-52-53(51-60-54(57)48-45-42-39-36-33-24-21-18-15-12-9-6-3)62-56(59)50-47-44-41-38-35-31-23-20-17-14-11-8-5-2/h27-28,31,35,53H,4-26,29-30,32-34,36-52H2,1-3H3/b28-27-,35-31-. The van der Waals surface area contributed by atoms with Gasteiger partial charge in [0, 0.05) is 19.3 Å². The molecule has 0 bridgehead atoms. The van der Waals surface area contributed by atoms with Gasteiger partial charge in [-0.2, -0.15) is 0 Å². The molecule has 0 amide bonds.